The van der Waals surface area contributed by atoms with Gasteiger partial charge in [0.25, 0.3) is 5.56 Å². The summed E-state index contributed by atoms with van der Waals surface area (Å²) in [5, 5.41) is 9.90. The van der Waals surface area contributed by atoms with Crippen LogP contribution >= 0.6 is 0 Å². The van der Waals surface area contributed by atoms with Gasteiger partial charge in [-0.2, -0.15) is 0 Å². The molecule has 2 aliphatic rings. The van der Waals surface area contributed by atoms with Crippen LogP contribution < -0.4 is 5.56 Å². The fourth-order valence-electron chi connectivity index (χ4n) is 4.10. The normalized spacial score (nSPS) is 27.5. The summed E-state index contributed by atoms with van der Waals surface area (Å²) in [5.41, 5.74) is 2.40. The molecule has 0 unspecified atom stereocenters. The fraction of sp³-hybridized carbons (Fsp3) is 0.556. The van der Waals surface area contributed by atoms with Crippen molar-refractivity contribution in [3.63, 3.8) is 0 Å². The first-order chi connectivity index (χ1) is 11.6. The first-order valence-electron chi connectivity index (χ1n) is 8.50. The van der Waals surface area contributed by atoms with Gasteiger partial charge in [0.15, 0.2) is 0 Å². The molecule has 2 aromatic rings. The van der Waals surface area contributed by atoms with Gasteiger partial charge in [-0.3, -0.25) is 14.1 Å². The van der Waals surface area contributed by atoms with Crippen molar-refractivity contribution in [1.29, 1.82) is 0 Å². The lowest BCUT2D eigenvalue weighted by Crippen LogP contribution is -2.41. The van der Waals surface area contributed by atoms with Crippen LogP contribution in [0.3, 0.4) is 0 Å². The highest BCUT2D eigenvalue weighted by Gasteiger charge is 2.47. The number of ether oxygens (including phenoxy) is 1. The van der Waals surface area contributed by atoms with Crippen molar-refractivity contribution < 1.29 is 9.84 Å². The maximum absolute atomic E-state index is 12.3. The third kappa shape index (κ3) is 2.64. The van der Waals surface area contributed by atoms with Crippen LogP contribution in [-0.2, 0) is 11.3 Å². The molecule has 0 amide bonds. The molecule has 24 heavy (non-hydrogen) atoms. The molecule has 2 aromatic heterocycles. The van der Waals surface area contributed by atoms with E-state index in [0.29, 0.717) is 24.7 Å². The summed E-state index contributed by atoms with van der Waals surface area (Å²) in [6.45, 7) is 5.95. The first-order valence-corrected chi connectivity index (χ1v) is 8.50. The second kappa shape index (κ2) is 5.95. The van der Waals surface area contributed by atoms with Crippen LogP contribution in [0.25, 0.3) is 5.65 Å². The van der Waals surface area contributed by atoms with E-state index in [1.165, 1.54) is 0 Å². The first kappa shape index (κ1) is 15.7. The van der Waals surface area contributed by atoms with E-state index in [2.05, 4.69) is 9.88 Å². The molecule has 4 rings (SSSR count). The Morgan fingerprint density at radius 1 is 1.46 bits per heavy atom. The monoisotopic (exact) mass is 329 g/mol. The molecular formula is C18H23N3O3. The predicted octanol–water partition coefficient (Wildman–Crippen LogP) is 0.834. The lowest BCUT2D eigenvalue weighted by Gasteiger charge is -2.36. The molecular weight excluding hydrogens is 306 g/mol. The topological polar surface area (TPSA) is 67.1 Å². The maximum atomic E-state index is 12.3. The highest BCUT2D eigenvalue weighted by atomic mass is 16.5. The molecule has 1 N–H and O–H groups in total. The number of hydrogen-bond acceptors (Lipinski definition) is 5. The largest absolute Gasteiger partial charge is 0.396 e. The maximum Gasteiger partial charge on any atom is 0.258 e. The zero-order valence-corrected chi connectivity index (χ0v) is 13.9. The molecule has 0 radical (unpaired) electrons. The van der Waals surface area contributed by atoms with E-state index in [-0.39, 0.29) is 17.6 Å². The smallest absolute Gasteiger partial charge is 0.258 e. The highest BCUT2D eigenvalue weighted by Crippen LogP contribution is 2.42. The van der Waals surface area contributed by atoms with Crippen LogP contribution in [0.15, 0.2) is 29.2 Å². The van der Waals surface area contributed by atoms with Crippen LogP contribution in [0.4, 0.5) is 0 Å². The van der Waals surface area contributed by atoms with E-state index in [4.69, 9.17) is 4.74 Å². The fourth-order valence-corrected chi connectivity index (χ4v) is 4.10. The van der Waals surface area contributed by atoms with Gasteiger partial charge in [-0.25, -0.2) is 4.98 Å². The minimum absolute atomic E-state index is 0.0458. The van der Waals surface area contributed by atoms with E-state index >= 15 is 0 Å². The average molecular weight is 329 g/mol. The molecule has 6 heteroatoms. The number of hydrogen-bond donors (Lipinski definition) is 1. The third-order valence-corrected chi connectivity index (χ3v) is 5.51. The minimum atomic E-state index is -0.0543. The molecule has 2 saturated heterocycles. The Labute approximate surface area is 140 Å². The van der Waals surface area contributed by atoms with Crippen LogP contribution in [0.5, 0.6) is 0 Å². The van der Waals surface area contributed by atoms with Gasteiger partial charge in [-0.1, -0.05) is 6.07 Å². The van der Waals surface area contributed by atoms with Crippen LogP contribution in [0.1, 0.15) is 17.7 Å². The van der Waals surface area contributed by atoms with Crippen molar-refractivity contribution in [2.45, 2.75) is 19.9 Å². The van der Waals surface area contributed by atoms with Crippen LogP contribution in [0.2, 0.25) is 0 Å². The predicted molar refractivity (Wildman–Crippen MR) is 89.9 cm³/mol. The highest BCUT2D eigenvalue weighted by molar-refractivity contribution is 5.39. The average Bonchev–Trinajstić information content (AvgIpc) is 2.94. The van der Waals surface area contributed by atoms with Gasteiger partial charge in [0.2, 0.25) is 0 Å². The van der Waals surface area contributed by atoms with Crippen molar-refractivity contribution in [2.24, 2.45) is 11.3 Å². The van der Waals surface area contributed by atoms with Gasteiger partial charge < -0.3 is 9.84 Å². The Kier molecular flexibility index (Phi) is 3.90. The number of pyridine rings is 1. The lowest BCUT2D eigenvalue weighted by molar-refractivity contribution is -0.0417. The van der Waals surface area contributed by atoms with E-state index in [0.717, 1.165) is 37.4 Å². The summed E-state index contributed by atoms with van der Waals surface area (Å²) in [6.07, 6.45) is 2.72. The molecule has 0 aromatic carbocycles. The summed E-state index contributed by atoms with van der Waals surface area (Å²) in [5.74, 6) is 0.362. The van der Waals surface area contributed by atoms with Crippen molar-refractivity contribution in [3.05, 3.63) is 46.0 Å². The zero-order chi connectivity index (χ0) is 16.7. The number of aryl methyl sites for hydroxylation is 1. The number of aliphatic hydroxyl groups is 1. The lowest BCUT2D eigenvalue weighted by atomic mass is 9.75. The molecule has 0 aliphatic carbocycles. The van der Waals surface area contributed by atoms with Gasteiger partial charge in [0, 0.05) is 49.8 Å². The van der Waals surface area contributed by atoms with E-state index in [1.807, 2.05) is 25.3 Å². The van der Waals surface area contributed by atoms with E-state index in [9.17, 15) is 9.90 Å². The van der Waals surface area contributed by atoms with Gasteiger partial charge in [0.05, 0.1) is 18.9 Å². The molecule has 4 heterocycles. The molecule has 0 bridgehead atoms. The molecule has 0 spiro atoms. The van der Waals surface area contributed by atoms with Crippen LogP contribution in [-0.4, -0.2) is 52.3 Å². The van der Waals surface area contributed by atoms with Crippen molar-refractivity contribution in [2.75, 3.05) is 32.9 Å². The Hall–Kier alpha value is -1.76. The minimum Gasteiger partial charge on any atom is -0.396 e. The van der Waals surface area contributed by atoms with Gasteiger partial charge in [-0.05, 0) is 25.0 Å². The van der Waals surface area contributed by atoms with Crippen molar-refractivity contribution in [3.8, 4) is 0 Å². The number of likely N-dealkylation sites (tertiary alicyclic amines) is 1. The van der Waals surface area contributed by atoms with E-state index < -0.39 is 0 Å². The molecule has 128 valence electrons. The Balaban J connectivity index is 1.59. The summed E-state index contributed by atoms with van der Waals surface area (Å²) < 4.78 is 7.18. The number of aromatic nitrogens is 2. The standard InChI is InChI=1S/C18H23N3O3/c1-13-2-3-16-19-15(6-17(23)21(16)7-13)9-20-8-14-10-24-5-4-18(14,11-20)12-22/h2-3,6-7,14,22H,4-5,8-12H2,1H3/t14-,18-/m1/s1. The summed E-state index contributed by atoms with van der Waals surface area (Å²) in [7, 11) is 0. The summed E-state index contributed by atoms with van der Waals surface area (Å²) in [4.78, 5) is 19.3. The quantitative estimate of drug-likeness (QED) is 0.904. The molecule has 2 atom stereocenters. The Bertz CT molecular complexity index is 819. The van der Waals surface area contributed by atoms with Gasteiger partial charge in [0.1, 0.15) is 5.65 Å². The summed E-state index contributed by atoms with van der Waals surface area (Å²) in [6, 6.07) is 5.47. The van der Waals surface area contributed by atoms with Gasteiger partial charge >= 0.3 is 0 Å². The molecule has 6 nitrogen and oxygen atoms in total. The second-order valence-corrected chi connectivity index (χ2v) is 7.23. The number of nitrogens with zero attached hydrogens (tertiary/aromatic N) is 3. The van der Waals surface area contributed by atoms with Crippen molar-refractivity contribution in [1.82, 2.24) is 14.3 Å². The molecule has 2 fully saturated rings. The van der Waals surface area contributed by atoms with Crippen molar-refractivity contribution >= 4 is 5.65 Å². The number of aliphatic hydroxyl groups excluding tert-OH is 1. The third-order valence-electron chi connectivity index (χ3n) is 5.51. The molecule has 0 saturated carbocycles. The Morgan fingerprint density at radius 2 is 2.33 bits per heavy atom. The van der Waals surface area contributed by atoms with E-state index in [1.54, 1.807) is 10.5 Å². The summed E-state index contributed by atoms with van der Waals surface area (Å²) >= 11 is 0. The number of fused-ring (bicyclic) bond motifs is 2. The SMILES string of the molecule is Cc1ccc2nc(CN3C[C@@H]4COCC[C@]4(CO)C3)cc(=O)n2c1. The zero-order valence-electron chi connectivity index (χ0n) is 13.9. The Morgan fingerprint density at radius 3 is 3.12 bits per heavy atom. The second-order valence-electron chi connectivity index (χ2n) is 7.23. The van der Waals surface area contributed by atoms with Crippen LogP contribution in [0, 0.1) is 18.3 Å². The molecule has 2 aliphatic heterocycles. The number of rotatable bonds is 3. The van der Waals surface area contributed by atoms with Gasteiger partial charge in [-0.15, -0.1) is 0 Å².